The highest BCUT2D eigenvalue weighted by Crippen LogP contribution is 2.33. The molecule has 2 rings (SSSR count). The summed E-state index contributed by atoms with van der Waals surface area (Å²) >= 11 is 0. The molecule has 0 atom stereocenters. The van der Waals surface area contributed by atoms with Crippen molar-refractivity contribution >= 4 is 15.6 Å². The lowest BCUT2D eigenvalue weighted by molar-refractivity contribution is 0.101. The van der Waals surface area contributed by atoms with Crippen LogP contribution in [-0.2, 0) is 9.84 Å². The van der Waals surface area contributed by atoms with Crippen molar-refractivity contribution in [3.63, 3.8) is 0 Å². The Morgan fingerprint density at radius 1 is 1.00 bits per heavy atom. The quantitative estimate of drug-likeness (QED) is 0.671. The first kappa shape index (κ1) is 15.1. The molecule has 0 spiro atoms. The number of aromatic hydroxyl groups is 2. The molecular weight excluding hydrogens is 292 g/mol. The zero-order valence-electron chi connectivity index (χ0n) is 11.5. The van der Waals surface area contributed by atoms with E-state index in [-0.39, 0.29) is 21.3 Å². The Bertz CT molecular complexity index is 805. The van der Waals surface area contributed by atoms with E-state index in [0.29, 0.717) is 11.1 Å². The first-order valence-electron chi connectivity index (χ1n) is 6.12. The van der Waals surface area contributed by atoms with Crippen molar-refractivity contribution in [2.24, 2.45) is 0 Å². The van der Waals surface area contributed by atoms with E-state index in [9.17, 15) is 23.4 Å². The molecule has 2 aromatic rings. The number of carbonyl (C=O) groups is 1. The predicted octanol–water partition coefficient (Wildman–Crippen LogP) is 2.44. The van der Waals surface area contributed by atoms with Crippen LogP contribution in [-0.4, -0.2) is 24.4 Å². The van der Waals surface area contributed by atoms with Gasteiger partial charge in [0.2, 0.25) is 9.84 Å². The molecule has 21 heavy (non-hydrogen) atoms. The summed E-state index contributed by atoms with van der Waals surface area (Å²) in [5.41, 5.74) is 0.736. The molecule has 0 aliphatic carbocycles. The average molecular weight is 306 g/mol. The Morgan fingerprint density at radius 3 is 2.05 bits per heavy atom. The maximum Gasteiger partial charge on any atom is 0.206 e. The van der Waals surface area contributed by atoms with Gasteiger partial charge < -0.3 is 10.2 Å². The van der Waals surface area contributed by atoms with E-state index in [1.165, 1.54) is 44.2 Å². The van der Waals surface area contributed by atoms with Crippen molar-refractivity contribution < 1.29 is 23.4 Å². The Hall–Kier alpha value is -2.34. The standard InChI is InChI=1S/C15H14O5S/c1-9-7-13(17)14(18)8-15(9)21(19,20)12-5-3-11(4-6-12)10(2)16/h3-8,17-18H,1-2H3. The minimum Gasteiger partial charge on any atom is -0.504 e. The predicted molar refractivity (Wildman–Crippen MR) is 76.4 cm³/mol. The van der Waals surface area contributed by atoms with Crippen LogP contribution in [0.1, 0.15) is 22.8 Å². The van der Waals surface area contributed by atoms with Crippen molar-refractivity contribution in [3.8, 4) is 11.5 Å². The fraction of sp³-hybridized carbons (Fsp3) is 0.133. The molecule has 6 heteroatoms. The van der Waals surface area contributed by atoms with Gasteiger partial charge in [0.1, 0.15) is 0 Å². The van der Waals surface area contributed by atoms with E-state index >= 15 is 0 Å². The normalized spacial score (nSPS) is 11.3. The fourth-order valence-electron chi connectivity index (χ4n) is 1.95. The number of carbonyl (C=O) groups excluding carboxylic acids is 1. The molecule has 0 heterocycles. The number of rotatable bonds is 3. The summed E-state index contributed by atoms with van der Waals surface area (Å²) < 4.78 is 25.0. The zero-order valence-corrected chi connectivity index (χ0v) is 12.3. The molecule has 0 amide bonds. The molecule has 0 aliphatic heterocycles. The molecular formula is C15H14O5S. The van der Waals surface area contributed by atoms with E-state index in [2.05, 4.69) is 0 Å². The van der Waals surface area contributed by atoms with Gasteiger partial charge in [-0.1, -0.05) is 12.1 Å². The second-order valence-corrected chi connectivity index (χ2v) is 6.61. The maximum absolute atomic E-state index is 12.5. The number of Topliss-reactive ketones (excluding diaryl/α,β-unsaturated/α-hetero) is 1. The summed E-state index contributed by atoms with van der Waals surface area (Å²) in [6, 6.07) is 7.76. The van der Waals surface area contributed by atoms with Crippen molar-refractivity contribution in [1.29, 1.82) is 0 Å². The van der Waals surface area contributed by atoms with Crippen LogP contribution < -0.4 is 0 Å². The van der Waals surface area contributed by atoms with E-state index in [1.54, 1.807) is 0 Å². The minimum atomic E-state index is -3.83. The number of hydrogen-bond donors (Lipinski definition) is 2. The maximum atomic E-state index is 12.5. The van der Waals surface area contributed by atoms with E-state index in [1.807, 2.05) is 0 Å². The van der Waals surface area contributed by atoms with Crippen molar-refractivity contribution in [3.05, 3.63) is 47.5 Å². The molecule has 0 saturated heterocycles. The minimum absolute atomic E-state index is 0.0145. The number of phenolic OH excluding ortho intramolecular Hbond substituents is 2. The lowest BCUT2D eigenvalue weighted by Gasteiger charge is -2.10. The monoisotopic (exact) mass is 306 g/mol. The molecule has 0 saturated carbocycles. The Kier molecular flexibility index (Phi) is 3.74. The van der Waals surface area contributed by atoms with Gasteiger partial charge in [0.15, 0.2) is 17.3 Å². The zero-order chi connectivity index (χ0) is 15.8. The molecule has 2 aromatic carbocycles. The molecule has 110 valence electrons. The lowest BCUT2D eigenvalue weighted by Crippen LogP contribution is -2.05. The van der Waals surface area contributed by atoms with E-state index in [0.717, 1.165) is 6.07 Å². The second kappa shape index (κ2) is 5.21. The number of sulfone groups is 1. The second-order valence-electron chi connectivity index (χ2n) is 4.69. The highest BCUT2D eigenvalue weighted by atomic mass is 32.2. The SMILES string of the molecule is CC(=O)c1ccc(S(=O)(=O)c2cc(O)c(O)cc2C)cc1. The number of benzene rings is 2. The van der Waals surface area contributed by atoms with Gasteiger partial charge in [-0.3, -0.25) is 4.79 Å². The number of phenols is 2. The summed E-state index contributed by atoms with van der Waals surface area (Å²) in [6.07, 6.45) is 0. The van der Waals surface area contributed by atoms with Gasteiger partial charge >= 0.3 is 0 Å². The summed E-state index contributed by atoms with van der Waals surface area (Å²) in [7, 11) is -3.83. The third kappa shape index (κ3) is 2.75. The van der Waals surface area contributed by atoms with Gasteiger partial charge in [0.25, 0.3) is 0 Å². The number of ketones is 1. The van der Waals surface area contributed by atoms with Crippen LogP contribution in [0.3, 0.4) is 0 Å². The Labute approximate surface area is 122 Å². The van der Waals surface area contributed by atoms with Crippen LogP contribution in [0.5, 0.6) is 11.5 Å². The first-order valence-corrected chi connectivity index (χ1v) is 7.60. The lowest BCUT2D eigenvalue weighted by atomic mass is 10.2. The van der Waals surface area contributed by atoms with Gasteiger partial charge in [-0.05, 0) is 37.6 Å². The fourth-order valence-corrected chi connectivity index (χ4v) is 3.45. The largest absolute Gasteiger partial charge is 0.504 e. The first-order chi connectivity index (χ1) is 9.73. The number of aryl methyl sites for hydroxylation is 1. The molecule has 0 aliphatic rings. The Morgan fingerprint density at radius 2 is 1.52 bits per heavy atom. The molecule has 0 aromatic heterocycles. The van der Waals surface area contributed by atoms with Crippen molar-refractivity contribution in [1.82, 2.24) is 0 Å². The highest BCUT2D eigenvalue weighted by molar-refractivity contribution is 7.91. The van der Waals surface area contributed by atoms with Gasteiger partial charge in [0, 0.05) is 11.6 Å². The van der Waals surface area contributed by atoms with Gasteiger partial charge in [0.05, 0.1) is 9.79 Å². The Balaban J connectivity index is 2.57. The van der Waals surface area contributed by atoms with Crippen molar-refractivity contribution in [2.45, 2.75) is 23.6 Å². The molecule has 0 unspecified atom stereocenters. The molecule has 2 N–H and O–H groups in total. The van der Waals surface area contributed by atoms with Crippen LogP contribution in [0, 0.1) is 6.92 Å². The van der Waals surface area contributed by atoms with E-state index in [4.69, 9.17) is 0 Å². The topological polar surface area (TPSA) is 91.7 Å². The van der Waals surface area contributed by atoms with Crippen molar-refractivity contribution in [2.75, 3.05) is 0 Å². The van der Waals surface area contributed by atoms with Crippen LogP contribution in [0.25, 0.3) is 0 Å². The molecule has 0 bridgehead atoms. The third-order valence-electron chi connectivity index (χ3n) is 3.13. The molecule has 0 fully saturated rings. The van der Waals surface area contributed by atoms with Crippen LogP contribution in [0.4, 0.5) is 0 Å². The summed E-state index contributed by atoms with van der Waals surface area (Å²) in [5, 5.41) is 18.9. The van der Waals surface area contributed by atoms with E-state index < -0.39 is 15.6 Å². The summed E-state index contributed by atoms with van der Waals surface area (Å²) in [5.74, 6) is -1.03. The smallest absolute Gasteiger partial charge is 0.206 e. The molecule has 0 radical (unpaired) electrons. The number of hydrogen-bond acceptors (Lipinski definition) is 5. The molecule has 5 nitrogen and oxygen atoms in total. The summed E-state index contributed by atoms with van der Waals surface area (Å²) in [6.45, 7) is 2.92. The van der Waals surface area contributed by atoms with Crippen LogP contribution in [0.2, 0.25) is 0 Å². The van der Waals surface area contributed by atoms with Crippen LogP contribution in [0.15, 0.2) is 46.2 Å². The average Bonchev–Trinajstić information content (AvgIpc) is 2.42. The van der Waals surface area contributed by atoms with Crippen LogP contribution >= 0.6 is 0 Å². The third-order valence-corrected chi connectivity index (χ3v) is 5.04. The summed E-state index contributed by atoms with van der Waals surface area (Å²) in [4.78, 5) is 11.1. The van der Waals surface area contributed by atoms with Gasteiger partial charge in [-0.15, -0.1) is 0 Å². The highest BCUT2D eigenvalue weighted by Gasteiger charge is 2.22. The van der Waals surface area contributed by atoms with Gasteiger partial charge in [-0.2, -0.15) is 0 Å². The van der Waals surface area contributed by atoms with Gasteiger partial charge in [-0.25, -0.2) is 8.42 Å².